The molecule has 0 amide bonds. The molecule has 1 N–H and O–H groups in total. The number of nitrogens with zero attached hydrogens (tertiary/aromatic N) is 3. The minimum absolute atomic E-state index is 0.407. The van der Waals surface area contributed by atoms with Crippen LogP contribution < -0.4 is 4.74 Å². The quantitative estimate of drug-likeness (QED) is 0.876. The Morgan fingerprint density at radius 1 is 1.22 bits per heavy atom. The third-order valence-corrected chi connectivity index (χ3v) is 6.46. The number of para-hydroxylation sites is 1. The molecule has 5 heteroatoms. The highest BCUT2D eigenvalue weighted by Gasteiger charge is 2.47. The van der Waals surface area contributed by atoms with Gasteiger partial charge in [-0.1, -0.05) is 25.5 Å². The van der Waals surface area contributed by atoms with Gasteiger partial charge in [0.15, 0.2) is 5.82 Å². The van der Waals surface area contributed by atoms with Crippen LogP contribution in [0.25, 0.3) is 11.4 Å². The van der Waals surface area contributed by atoms with E-state index in [1.165, 1.54) is 6.42 Å². The Bertz CT molecular complexity index is 779. The number of rotatable bonds is 5. The lowest BCUT2D eigenvalue weighted by Crippen LogP contribution is -2.44. The standard InChI is InChI=1S/C22H29N3O2/c1-3-22(26)10-6-7-17-14-25(15-19(17)22)13-16-11-23-21(24-12-16)18-8-4-5-9-20(18)27-2/h4-5,8-9,11-12,17,19,26H,3,6-7,10,13-15H2,1-2H3/t17-,19+,22-/m1/s1. The van der Waals surface area contributed by atoms with E-state index in [2.05, 4.69) is 21.8 Å². The molecule has 4 rings (SSSR count). The molecule has 2 heterocycles. The topological polar surface area (TPSA) is 58.5 Å². The molecule has 1 aromatic heterocycles. The van der Waals surface area contributed by atoms with E-state index in [0.29, 0.717) is 17.7 Å². The molecule has 0 spiro atoms. The minimum Gasteiger partial charge on any atom is -0.496 e. The van der Waals surface area contributed by atoms with Gasteiger partial charge in [0, 0.05) is 43.5 Å². The third-order valence-electron chi connectivity index (χ3n) is 6.46. The van der Waals surface area contributed by atoms with Crippen molar-refractivity contribution in [2.45, 2.75) is 44.8 Å². The van der Waals surface area contributed by atoms with E-state index in [9.17, 15) is 5.11 Å². The molecule has 0 bridgehead atoms. The molecule has 144 valence electrons. The predicted octanol–water partition coefficient (Wildman–Crippen LogP) is 3.53. The molecule has 0 unspecified atom stereocenters. The zero-order valence-electron chi connectivity index (χ0n) is 16.3. The number of ether oxygens (including phenoxy) is 1. The second-order valence-electron chi connectivity index (χ2n) is 8.03. The number of hydrogen-bond donors (Lipinski definition) is 1. The van der Waals surface area contributed by atoms with Gasteiger partial charge in [0.05, 0.1) is 18.3 Å². The van der Waals surface area contributed by atoms with Gasteiger partial charge in [-0.2, -0.15) is 0 Å². The van der Waals surface area contributed by atoms with Crippen LogP contribution in [0.1, 0.15) is 38.2 Å². The van der Waals surface area contributed by atoms with Crippen molar-refractivity contribution in [2.24, 2.45) is 11.8 Å². The molecule has 27 heavy (non-hydrogen) atoms. The fourth-order valence-corrected chi connectivity index (χ4v) is 4.95. The van der Waals surface area contributed by atoms with Crippen LogP contribution in [0.3, 0.4) is 0 Å². The summed E-state index contributed by atoms with van der Waals surface area (Å²) in [6.45, 7) is 5.01. The molecule has 1 saturated heterocycles. The Kier molecular flexibility index (Phi) is 5.15. The lowest BCUT2D eigenvalue weighted by molar-refractivity contribution is -0.0613. The van der Waals surface area contributed by atoms with Gasteiger partial charge < -0.3 is 9.84 Å². The van der Waals surface area contributed by atoms with Crippen LogP contribution in [-0.2, 0) is 6.54 Å². The number of aromatic nitrogens is 2. The number of methoxy groups -OCH3 is 1. The molecule has 2 aliphatic rings. The maximum Gasteiger partial charge on any atom is 0.162 e. The van der Waals surface area contributed by atoms with Crippen LogP contribution in [0.5, 0.6) is 5.75 Å². The Morgan fingerprint density at radius 3 is 2.74 bits per heavy atom. The maximum absolute atomic E-state index is 11.0. The predicted molar refractivity (Wildman–Crippen MR) is 105 cm³/mol. The summed E-state index contributed by atoms with van der Waals surface area (Å²) in [5, 5.41) is 11.0. The summed E-state index contributed by atoms with van der Waals surface area (Å²) in [5.74, 6) is 2.50. The molecule has 1 aliphatic heterocycles. The van der Waals surface area contributed by atoms with Crippen LogP contribution in [0.2, 0.25) is 0 Å². The molecule has 0 radical (unpaired) electrons. The van der Waals surface area contributed by atoms with Gasteiger partial charge in [-0.05, 0) is 37.3 Å². The summed E-state index contributed by atoms with van der Waals surface area (Å²) in [6, 6.07) is 7.81. The summed E-state index contributed by atoms with van der Waals surface area (Å²) in [7, 11) is 1.66. The Labute approximate surface area is 161 Å². The average molecular weight is 367 g/mol. The molecular weight excluding hydrogens is 338 g/mol. The van der Waals surface area contributed by atoms with Crippen molar-refractivity contribution in [1.82, 2.24) is 14.9 Å². The fourth-order valence-electron chi connectivity index (χ4n) is 4.95. The number of likely N-dealkylation sites (tertiary alicyclic amines) is 1. The second-order valence-corrected chi connectivity index (χ2v) is 8.03. The van der Waals surface area contributed by atoms with Crippen molar-refractivity contribution in [3.8, 4) is 17.1 Å². The number of hydrogen-bond acceptors (Lipinski definition) is 5. The second kappa shape index (κ2) is 7.56. The molecule has 1 aromatic carbocycles. The van der Waals surface area contributed by atoms with E-state index in [1.54, 1.807) is 7.11 Å². The maximum atomic E-state index is 11.0. The molecule has 3 atom stereocenters. The van der Waals surface area contributed by atoms with Crippen LogP contribution >= 0.6 is 0 Å². The molecule has 2 aromatic rings. The normalized spacial score (nSPS) is 28.1. The van der Waals surface area contributed by atoms with Crippen LogP contribution in [0.15, 0.2) is 36.7 Å². The van der Waals surface area contributed by atoms with E-state index >= 15 is 0 Å². The summed E-state index contributed by atoms with van der Waals surface area (Å²) in [4.78, 5) is 11.6. The minimum atomic E-state index is -0.470. The summed E-state index contributed by atoms with van der Waals surface area (Å²) < 4.78 is 5.41. The van der Waals surface area contributed by atoms with Crippen molar-refractivity contribution >= 4 is 0 Å². The zero-order chi connectivity index (χ0) is 18.9. The third kappa shape index (κ3) is 3.58. The smallest absolute Gasteiger partial charge is 0.162 e. The summed E-state index contributed by atoms with van der Waals surface area (Å²) in [6.07, 6.45) is 8.04. The Morgan fingerprint density at radius 2 is 2.00 bits per heavy atom. The Balaban J connectivity index is 1.45. The number of benzene rings is 1. The van der Waals surface area contributed by atoms with E-state index in [-0.39, 0.29) is 0 Å². The van der Waals surface area contributed by atoms with Crippen molar-refractivity contribution in [2.75, 3.05) is 20.2 Å². The van der Waals surface area contributed by atoms with E-state index in [0.717, 1.165) is 55.8 Å². The van der Waals surface area contributed by atoms with Gasteiger partial charge in [0.25, 0.3) is 0 Å². The molecular formula is C22H29N3O2. The van der Waals surface area contributed by atoms with E-state index in [4.69, 9.17) is 4.74 Å². The van der Waals surface area contributed by atoms with E-state index < -0.39 is 5.60 Å². The highest BCUT2D eigenvalue weighted by molar-refractivity contribution is 5.63. The van der Waals surface area contributed by atoms with Crippen LogP contribution in [0.4, 0.5) is 0 Å². The SMILES string of the molecule is CC[C@@]1(O)CCC[C@@H]2CN(Cc3cnc(-c4ccccc4OC)nc3)C[C@@H]21. The van der Waals surface area contributed by atoms with Crippen LogP contribution in [0, 0.1) is 11.8 Å². The highest BCUT2D eigenvalue weighted by Crippen LogP contribution is 2.44. The largest absolute Gasteiger partial charge is 0.496 e. The first-order valence-electron chi connectivity index (χ1n) is 10.0. The fraction of sp³-hybridized carbons (Fsp3) is 0.545. The van der Waals surface area contributed by atoms with Gasteiger partial charge in [-0.25, -0.2) is 9.97 Å². The van der Waals surface area contributed by atoms with Crippen molar-refractivity contribution in [3.63, 3.8) is 0 Å². The lowest BCUT2D eigenvalue weighted by atomic mass is 9.69. The molecule has 1 aliphatic carbocycles. The first-order valence-corrected chi connectivity index (χ1v) is 10.0. The zero-order valence-corrected chi connectivity index (χ0v) is 16.3. The number of aliphatic hydroxyl groups is 1. The van der Waals surface area contributed by atoms with Gasteiger partial charge in [-0.15, -0.1) is 0 Å². The van der Waals surface area contributed by atoms with E-state index in [1.807, 2.05) is 36.7 Å². The Hall–Kier alpha value is -1.98. The van der Waals surface area contributed by atoms with Gasteiger partial charge in [-0.3, -0.25) is 4.90 Å². The molecule has 2 fully saturated rings. The van der Waals surface area contributed by atoms with Crippen LogP contribution in [-0.4, -0.2) is 45.8 Å². The first-order chi connectivity index (χ1) is 13.1. The van der Waals surface area contributed by atoms with Gasteiger partial charge in [0.2, 0.25) is 0 Å². The van der Waals surface area contributed by atoms with Crippen molar-refractivity contribution in [1.29, 1.82) is 0 Å². The summed E-state index contributed by atoms with van der Waals surface area (Å²) >= 11 is 0. The van der Waals surface area contributed by atoms with Crippen molar-refractivity contribution < 1.29 is 9.84 Å². The average Bonchev–Trinajstić information content (AvgIpc) is 3.13. The number of fused-ring (bicyclic) bond motifs is 1. The highest BCUT2D eigenvalue weighted by atomic mass is 16.5. The summed E-state index contributed by atoms with van der Waals surface area (Å²) in [5.41, 5.74) is 1.56. The molecule has 5 nitrogen and oxygen atoms in total. The first kappa shape index (κ1) is 18.4. The van der Waals surface area contributed by atoms with Gasteiger partial charge in [0.1, 0.15) is 5.75 Å². The molecule has 1 saturated carbocycles. The van der Waals surface area contributed by atoms with Crippen molar-refractivity contribution in [3.05, 3.63) is 42.2 Å². The lowest BCUT2D eigenvalue weighted by Gasteiger charge is -2.40. The van der Waals surface area contributed by atoms with Gasteiger partial charge >= 0.3 is 0 Å². The monoisotopic (exact) mass is 367 g/mol.